The molecule has 0 bridgehead atoms. The van der Waals surface area contributed by atoms with Crippen LogP contribution in [0, 0.1) is 10.1 Å². The van der Waals surface area contributed by atoms with Crippen molar-refractivity contribution in [1.82, 2.24) is 9.78 Å². The molecule has 198 valence electrons. The van der Waals surface area contributed by atoms with Crippen molar-refractivity contribution in [2.24, 2.45) is 0 Å². The number of hydrogen-bond acceptors (Lipinski definition) is 9. The van der Waals surface area contributed by atoms with Gasteiger partial charge < -0.3 is 28.4 Å². The van der Waals surface area contributed by atoms with Crippen molar-refractivity contribution in [2.75, 3.05) is 42.7 Å². The maximum Gasteiger partial charge on any atom is 0.269 e. The molecule has 38 heavy (non-hydrogen) atoms. The molecule has 0 aliphatic carbocycles. The van der Waals surface area contributed by atoms with Gasteiger partial charge in [0.05, 0.1) is 64.7 Å². The van der Waals surface area contributed by atoms with Gasteiger partial charge in [-0.1, -0.05) is 0 Å². The molecular formula is C27H27N3O8. The second-order valence-electron chi connectivity index (χ2n) is 7.93. The van der Waals surface area contributed by atoms with E-state index in [1.165, 1.54) is 54.8 Å². The average molecular weight is 522 g/mol. The van der Waals surface area contributed by atoms with Crippen molar-refractivity contribution >= 4 is 5.69 Å². The topological polar surface area (TPSA) is 116 Å². The molecule has 0 saturated heterocycles. The maximum absolute atomic E-state index is 11.2. The third kappa shape index (κ3) is 4.73. The molecule has 0 amide bonds. The number of non-ortho nitro benzene ring substituents is 1. The number of hydrogen-bond donors (Lipinski definition) is 0. The van der Waals surface area contributed by atoms with Crippen LogP contribution < -0.4 is 28.4 Å². The number of rotatable bonds is 10. The van der Waals surface area contributed by atoms with E-state index in [1.807, 2.05) is 6.07 Å². The Morgan fingerprint density at radius 3 is 1.50 bits per heavy atom. The van der Waals surface area contributed by atoms with Gasteiger partial charge >= 0.3 is 0 Å². The van der Waals surface area contributed by atoms with E-state index in [1.54, 1.807) is 41.1 Å². The Morgan fingerprint density at radius 2 is 1.11 bits per heavy atom. The molecule has 0 atom stereocenters. The Hall–Kier alpha value is -4.93. The number of methoxy groups -OCH3 is 6. The van der Waals surface area contributed by atoms with Gasteiger partial charge in [0.1, 0.15) is 0 Å². The van der Waals surface area contributed by atoms with E-state index in [2.05, 4.69) is 0 Å². The summed E-state index contributed by atoms with van der Waals surface area (Å²) in [6, 6.07) is 15.2. The highest BCUT2D eigenvalue weighted by atomic mass is 16.6. The molecule has 11 nitrogen and oxygen atoms in total. The SMILES string of the molecule is COc1cc(-c2cc(-c3cc(OC)c(OC)c(OC)c3)n(-c3ccc([N+](=O)[O-])cc3)n2)cc(OC)c1OC. The molecule has 4 aromatic rings. The molecular weight excluding hydrogens is 494 g/mol. The Labute approximate surface area is 219 Å². The van der Waals surface area contributed by atoms with Crippen molar-refractivity contribution in [3.05, 3.63) is 64.7 Å². The second kappa shape index (κ2) is 11.0. The molecule has 0 N–H and O–H groups in total. The summed E-state index contributed by atoms with van der Waals surface area (Å²) < 4.78 is 34.7. The highest BCUT2D eigenvalue weighted by molar-refractivity contribution is 5.76. The fourth-order valence-electron chi connectivity index (χ4n) is 4.10. The number of nitro benzene ring substituents is 1. The van der Waals surface area contributed by atoms with E-state index in [4.69, 9.17) is 33.5 Å². The van der Waals surface area contributed by atoms with Gasteiger partial charge in [0, 0.05) is 23.3 Å². The second-order valence-corrected chi connectivity index (χ2v) is 7.93. The number of nitrogens with zero attached hydrogens (tertiary/aromatic N) is 3. The van der Waals surface area contributed by atoms with E-state index >= 15 is 0 Å². The Bertz CT molecular complexity index is 1410. The standard InChI is InChI=1S/C27H27N3O8/c1-33-22-11-16(12-23(34-2)26(22)37-5)20-15-21(17-13-24(35-3)27(38-6)25(14-17)36-4)29(28-20)18-7-9-19(10-8-18)30(31)32/h7-15H,1-6H3. The first-order valence-electron chi connectivity index (χ1n) is 11.3. The summed E-state index contributed by atoms with van der Waals surface area (Å²) >= 11 is 0. The third-order valence-electron chi connectivity index (χ3n) is 5.94. The number of ether oxygens (including phenoxy) is 6. The van der Waals surface area contributed by atoms with Crippen LogP contribution in [0.25, 0.3) is 28.2 Å². The zero-order valence-corrected chi connectivity index (χ0v) is 21.8. The quantitative estimate of drug-likeness (QED) is 0.206. The third-order valence-corrected chi connectivity index (χ3v) is 5.94. The summed E-state index contributed by atoms with van der Waals surface area (Å²) in [4.78, 5) is 10.8. The summed E-state index contributed by atoms with van der Waals surface area (Å²) in [5.41, 5.74) is 3.25. The zero-order chi connectivity index (χ0) is 27.4. The number of aromatic nitrogens is 2. The van der Waals surface area contributed by atoms with Crippen LogP contribution >= 0.6 is 0 Å². The van der Waals surface area contributed by atoms with Crippen molar-refractivity contribution in [1.29, 1.82) is 0 Å². The largest absolute Gasteiger partial charge is 0.493 e. The normalized spacial score (nSPS) is 10.6. The fourth-order valence-corrected chi connectivity index (χ4v) is 4.10. The molecule has 1 heterocycles. The molecule has 1 aromatic heterocycles. The van der Waals surface area contributed by atoms with E-state index in [0.29, 0.717) is 62.7 Å². The van der Waals surface area contributed by atoms with Gasteiger partial charge in [-0.15, -0.1) is 0 Å². The lowest BCUT2D eigenvalue weighted by molar-refractivity contribution is -0.384. The van der Waals surface area contributed by atoms with Crippen molar-refractivity contribution in [3.8, 4) is 62.7 Å². The predicted molar refractivity (Wildman–Crippen MR) is 140 cm³/mol. The smallest absolute Gasteiger partial charge is 0.269 e. The summed E-state index contributed by atoms with van der Waals surface area (Å²) in [6.45, 7) is 0. The van der Waals surface area contributed by atoms with Crippen LogP contribution in [0.15, 0.2) is 54.6 Å². The molecule has 4 rings (SSSR count). The summed E-state index contributed by atoms with van der Waals surface area (Å²) in [5, 5.41) is 16.1. The van der Waals surface area contributed by atoms with Crippen LogP contribution in [0.2, 0.25) is 0 Å². The van der Waals surface area contributed by atoms with E-state index in [0.717, 1.165) is 0 Å². The molecule has 0 spiro atoms. The van der Waals surface area contributed by atoms with E-state index in [9.17, 15) is 10.1 Å². The average Bonchev–Trinajstić information content (AvgIpc) is 3.41. The molecule has 0 unspecified atom stereocenters. The maximum atomic E-state index is 11.2. The minimum Gasteiger partial charge on any atom is -0.493 e. The molecule has 0 aliphatic heterocycles. The van der Waals surface area contributed by atoms with Crippen LogP contribution in [-0.4, -0.2) is 57.4 Å². The minimum atomic E-state index is -0.450. The van der Waals surface area contributed by atoms with Gasteiger partial charge in [-0.05, 0) is 42.5 Å². The predicted octanol–water partition coefficient (Wildman–Crippen LogP) is 5.17. The number of benzene rings is 3. The lowest BCUT2D eigenvalue weighted by atomic mass is 10.1. The van der Waals surface area contributed by atoms with Crippen LogP contribution in [0.4, 0.5) is 5.69 Å². The summed E-state index contributed by atoms with van der Waals surface area (Å²) in [5.74, 6) is 2.78. The first-order chi connectivity index (χ1) is 18.4. The van der Waals surface area contributed by atoms with Crippen LogP contribution in [-0.2, 0) is 0 Å². The van der Waals surface area contributed by atoms with Crippen molar-refractivity contribution < 1.29 is 33.3 Å². The van der Waals surface area contributed by atoms with Gasteiger partial charge in [-0.3, -0.25) is 10.1 Å². The molecule has 0 fully saturated rings. The van der Waals surface area contributed by atoms with Gasteiger partial charge in [-0.2, -0.15) is 5.10 Å². The molecule has 0 radical (unpaired) electrons. The monoisotopic (exact) mass is 521 g/mol. The summed E-state index contributed by atoms with van der Waals surface area (Å²) in [7, 11) is 9.22. The lowest BCUT2D eigenvalue weighted by Crippen LogP contribution is -2.01. The summed E-state index contributed by atoms with van der Waals surface area (Å²) in [6.07, 6.45) is 0. The lowest BCUT2D eigenvalue weighted by Gasteiger charge is -2.15. The number of nitro groups is 1. The van der Waals surface area contributed by atoms with Gasteiger partial charge in [0.25, 0.3) is 5.69 Å². The molecule has 3 aromatic carbocycles. The first kappa shape index (κ1) is 26.1. The highest BCUT2D eigenvalue weighted by Crippen LogP contribution is 2.44. The van der Waals surface area contributed by atoms with E-state index in [-0.39, 0.29) is 5.69 Å². The molecule has 0 saturated carbocycles. The van der Waals surface area contributed by atoms with Crippen LogP contribution in [0.3, 0.4) is 0 Å². The van der Waals surface area contributed by atoms with Gasteiger partial charge in [0.15, 0.2) is 23.0 Å². The molecule has 11 heteroatoms. The highest BCUT2D eigenvalue weighted by Gasteiger charge is 2.21. The van der Waals surface area contributed by atoms with Gasteiger partial charge in [-0.25, -0.2) is 4.68 Å². The van der Waals surface area contributed by atoms with Gasteiger partial charge in [0.2, 0.25) is 11.5 Å². The fraction of sp³-hybridized carbons (Fsp3) is 0.222. The van der Waals surface area contributed by atoms with Crippen LogP contribution in [0.1, 0.15) is 0 Å². The molecule has 0 aliphatic rings. The van der Waals surface area contributed by atoms with Crippen molar-refractivity contribution in [2.45, 2.75) is 0 Å². The Morgan fingerprint density at radius 1 is 0.658 bits per heavy atom. The van der Waals surface area contributed by atoms with Crippen molar-refractivity contribution in [3.63, 3.8) is 0 Å². The first-order valence-corrected chi connectivity index (χ1v) is 11.3. The zero-order valence-electron chi connectivity index (χ0n) is 21.8. The Kier molecular flexibility index (Phi) is 7.56. The Balaban J connectivity index is 1.97. The van der Waals surface area contributed by atoms with Crippen LogP contribution in [0.5, 0.6) is 34.5 Å². The minimum absolute atomic E-state index is 0.0277. The van der Waals surface area contributed by atoms with E-state index < -0.39 is 4.92 Å².